The molecule has 0 aliphatic carbocycles. The zero-order valence-electron chi connectivity index (χ0n) is 4.18. The average molecular weight is 115 g/mol. The molecule has 3 N–H and O–H groups in total. The fourth-order valence-corrected chi connectivity index (χ4v) is 0.548. The van der Waals surface area contributed by atoms with Crippen LogP contribution in [0.5, 0.6) is 0 Å². The normalized spacial score (nSPS) is 7.86. The van der Waals surface area contributed by atoms with E-state index < -0.39 is 22.3 Å². The van der Waals surface area contributed by atoms with E-state index in [2.05, 4.69) is 0 Å². The van der Waals surface area contributed by atoms with Gasteiger partial charge in [0.05, 0.1) is 0 Å². The maximum Gasteiger partial charge on any atom is 0.484 e. The van der Waals surface area contributed by atoms with Crippen LogP contribution in [0, 0.1) is 5.41 Å². The Morgan fingerprint density at radius 1 is 1.71 bits per heavy atom. The molecule has 7 heavy (non-hydrogen) atoms. The summed E-state index contributed by atoms with van der Waals surface area (Å²) in [5.41, 5.74) is 0. The zero-order valence-corrected chi connectivity index (χ0v) is 5.59. The lowest BCUT2D eigenvalue weighted by Gasteiger charge is -1.91. The largest absolute Gasteiger partial charge is 0.484 e. The first-order chi connectivity index (χ1) is 3.18. The molecule has 0 bridgehead atoms. The summed E-state index contributed by atoms with van der Waals surface area (Å²) in [6.45, 7) is 0. The van der Waals surface area contributed by atoms with Crippen LogP contribution in [0.3, 0.4) is 0 Å². The van der Waals surface area contributed by atoms with Crippen LogP contribution < -0.4 is 0 Å². The van der Waals surface area contributed by atoms with Crippen molar-refractivity contribution in [3.8, 4) is 0 Å². The molecule has 0 aromatic carbocycles. The van der Waals surface area contributed by atoms with E-state index in [1.54, 1.807) is 0 Å². The van der Waals surface area contributed by atoms with Gasteiger partial charge in [-0.25, -0.2) is 0 Å². The minimum atomic E-state index is -1.49. The molecule has 0 unspecified atom stereocenters. The van der Waals surface area contributed by atoms with Crippen LogP contribution in [0.15, 0.2) is 0 Å². The highest BCUT2D eigenvalue weighted by Gasteiger charge is 2.11. The Morgan fingerprint density at radius 3 is 2.14 bits per heavy atom. The van der Waals surface area contributed by atoms with Crippen LogP contribution in [-0.2, 0) is 0 Å². The zero-order chi connectivity index (χ0) is 5.86. The fourth-order valence-electron chi connectivity index (χ4n) is 0.183. The van der Waals surface area contributed by atoms with Crippen molar-refractivity contribution in [3.63, 3.8) is 0 Å². The van der Waals surface area contributed by atoms with Crippen LogP contribution in [0.2, 0.25) is 5.79 Å². The molecule has 0 fully saturated rings. The van der Waals surface area contributed by atoms with E-state index in [1.807, 2.05) is 5.79 Å². The van der Waals surface area contributed by atoms with E-state index in [0.717, 1.165) is 0 Å². The fraction of sp³-hybridized carbons (Fsp3) is 0.500. The van der Waals surface area contributed by atoms with Crippen LogP contribution in [0.1, 0.15) is 0 Å². The molecule has 0 aliphatic heterocycles. The molecule has 0 aromatic heterocycles. The van der Waals surface area contributed by atoms with Crippen molar-refractivity contribution < 1.29 is 10.0 Å². The first-order valence-corrected chi connectivity index (χ1v) is 4.24. The molecule has 3 nitrogen and oxygen atoms in total. The van der Waals surface area contributed by atoms with Gasteiger partial charge < -0.3 is 15.5 Å². The van der Waals surface area contributed by atoms with Gasteiger partial charge in [-0.3, -0.25) is 0 Å². The van der Waals surface area contributed by atoms with Crippen molar-refractivity contribution in [1.29, 1.82) is 5.41 Å². The Balaban J connectivity index is 3.35. The number of hydrogen-bond acceptors (Lipinski definition) is 3. The minimum absolute atomic E-state index is 0.0972. The third-order valence-electron chi connectivity index (χ3n) is 0.693. The topological polar surface area (TPSA) is 64.3 Å². The van der Waals surface area contributed by atoms with E-state index >= 15 is 0 Å². The van der Waals surface area contributed by atoms with E-state index in [9.17, 15) is 0 Å². The molecular formula is C2H7AlBNO2. The highest BCUT2D eigenvalue weighted by Crippen LogP contribution is 1.69. The Labute approximate surface area is 48.7 Å². The minimum Gasteiger partial charge on any atom is -0.423 e. The number of hydrogen-bond donors (Lipinski definition) is 3. The summed E-state index contributed by atoms with van der Waals surface area (Å²) in [6, 6.07) is 0. The van der Waals surface area contributed by atoms with Crippen molar-refractivity contribution in [3.05, 3.63) is 0 Å². The second-order valence-electron chi connectivity index (χ2n) is 1.25. The van der Waals surface area contributed by atoms with E-state index in [-0.39, 0.29) is 4.47 Å². The first-order valence-electron chi connectivity index (χ1n) is 2.12. The van der Waals surface area contributed by atoms with Gasteiger partial charge in [-0.05, 0) is 4.47 Å². The van der Waals surface area contributed by atoms with Crippen molar-refractivity contribution in [2.75, 3.05) is 0 Å². The Morgan fingerprint density at radius 2 is 2.14 bits per heavy atom. The van der Waals surface area contributed by atoms with Gasteiger partial charge in [-0.15, -0.1) is 5.79 Å². The highest BCUT2D eigenvalue weighted by molar-refractivity contribution is 7.06. The molecule has 5 heteroatoms. The molecule has 0 aliphatic rings. The number of nitrogens with one attached hydrogen (secondary N) is 1. The van der Waals surface area contributed by atoms with Gasteiger partial charge in [-0.2, -0.15) is 0 Å². The maximum atomic E-state index is 8.19. The summed E-state index contributed by atoms with van der Waals surface area (Å²) in [5.74, 6) is 1.84. The molecule has 0 aromatic rings. The molecule has 0 saturated heterocycles. The Kier molecular flexibility index (Phi) is 3.31. The quantitative estimate of drug-likeness (QED) is 0.301. The summed E-state index contributed by atoms with van der Waals surface area (Å²) in [4.78, 5) is 0. The van der Waals surface area contributed by atoms with Crippen molar-refractivity contribution in [2.24, 2.45) is 0 Å². The molecule has 0 spiro atoms. The van der Waals surface area contributed by atoms with Gasteiger partial charge in [0, 0.05) is 0 Å². The monoisotopic (exact) mass is 115 g/mol. The van der Waals surface area contributed by atoms with Crippen LogP contribution >= 0.6 is 0 Å². The number of rotatable bonds is 2. The van der Waals surface area contributed by atoms with Crippen molar-refractivity contribution in [2.45, 2.75) is 5.79 Å². The predicted octanol–water partition coefficient (Wildman–Crippen LogP) is -1.54. The van der Waals surface area contributed by atoms with E-state index in [0.29, 0.717) is 0 Å². The molecule has 0 atom stereocenters. The second kappa shape index (κ2) is 3.22. The summed E-state index contributed by atoms with van der Waals surface area (Å²) in [5, 5.41) is 23.1. The van der Waals surface area contributed by atoms with Gasteiger partial charge in [-0.1, -0.05) is 0 Å². The lowest BCUT2D eigenvalue weighted by Crippen LogP contribution is -2.28. The molecule has 0 amide bonds. The SMILES string of the molecule is [CH3][AlH][C](=N)B(O)O. The van der Waals surface area contributed by atoms with Crippen molar-refractivity contribution >= 4 is 26.8 Å². The maximum absolute atomic E-state index is 8.19. The first kappa shape index (κ1) is 7.19. The van der Waals surface area contributed by atoms with Crippen LogP contribution in [-0.4, -0.2) is 36.9 Å². The molecular weight excluding hydrogens is 108 g/mol. The molecule has 0 radical (unpaired) electrons. The highest BCUT2D eigenvalue weighted by atomic mass is 27.1. The molecule has 0 saturated carbocycles. The second-order valence-corrected chi connectivity index (χ2v) is 2.72. The standard InChI is InChI=1S/CH3BNO2.CH3.Al.H/c3-1-2(4)5;;;/h3-5H;1H3;;. The van der Waals surface area contributed by atoms with Gasteiger partial charge in [0.2, 0.25) is 0 Å². The van der Waals surface area contributed by atoms with Gasteiger partial charge >= 0.3 is 7.12 Å². The molecule has 38 valence electrons. The van der Waals surface area contributed by atoms with Gasteiger partial charge in [0.25, 0.3) is 15.2 Å². The Bertz CT molecular complexity index is 76.1. The average Bonchev–Trinajstić information content (AvgIpc) is 1.65. The summed E-state index contributed by atoms with van der Waals surface area (Å²) >= 11 is -0.626. The molecule has 0 heterocycles. The summed E-state index contributed by atoms with van der Waals surface area (Å²) in [6.07, 6.45) is 0. The smallest absolute Gasteiger partial charge is 0.423 e. The predicted molar refractivity (Wildman–Crippen MR) is 30.9 cm³/mol. The third kappa shape index (κ3) is 2.83. The van der Waals surface area contributed by atoms with Crippen LogP contribution in [0.25, 0.3) is 0 Å². The summed E-state index contributed by atoms with van der Waals surface area (Å²) in [7, 11) is -1.49. The van der Waals surface area contributed by atoms with Crippen molar-refractivity contribution in [1.82, 2.24) is 0 Å². The van der Waals surface area contributed by atoms with Crippen LogP contribution in [0.4, 0.5) is 0 Å². The van der Waals surface area contributed by atoms with Gasteiger partial charge in [0.1, 0.15) is 0 Å². The van der Waals surface area contributed by atoms with Gasteiger partial charge in [0.15, 0.2) is 0 Å². The third-order valence-corrected chi connectivity index (χ3v) is 1.82. The molecule has 0 rings (SSSR count). The summed E-state index contributed by atoms with van der Waals surface area (Å²) < 4.78 is 0.0972. The lowest BCUT2D eigenvalue weighted by molar-refractivity contribution is 0.431. The Hall–Kier alpha value is 0.187. The lowest BCUT2D eigenvalue weighted by atomic mass is 9.95. The van der Waals surface area contributed by atoms with E-state index in [4.69, 9.17) is 15.5 Å². The van der Waals surface area contributed by atoms with E-state index in [1.165, 1.54) is 0 Å².